The number of nitrogens with two attached hydrogens (primary N) is 1. The summed E-state index contributed by atoms with van der Waals surface area (Å²) < 4.78 is 18.3. The molecule has 4 nitrogen and oxygen atoms in total. The molecule has 0 heterocycles. The maximum absolute atomic E-state index is 13.4. The molecule has 0 aromatic heterocycles. The molecule has 0 saturated carbocycles. The van der Waals surface area contributed by atoms with Crippen LogP contribution in [0.5, 0.6) is 0 Å². The number of hydrogen-bond donors (Lipinski definition) is 2. The zero-order chi connectivity index (χ0) is 13.5. The second-order valence-corrected chi connectivity index (χ2v) is 4.35. The summed E-state index contributed by atoms with van der Waals surface area (Å²) in [4.78, 5) is 2.08. The van der Waals surface area contributed by atoms with Crippen molar-refractivity contribution >= 4 is 5.84 Å². The molecule has 3 N–H and O–H groups in total. The SMILES string of the molecule is COCCCN(C)Cc1cc(F)cc(C(=N)N)c1. The van der Waals surface area contributed by atoms with Gasteiger partial charge in [-0.2, -0.15) is 0 Å². The topological polar surface area (TPSA) is 62.3 Å². The smallest absolute Gasteiger partial charge is 0.124 e. The van der Waals surface area contributed by atoms with Crippen molar-refractivity contribution in [1.29, 1.82) is 5.41 Å². The first-order chi connectivity index (χ1) is 8.52. The van der Waals surface area contributed by atoms with E-state index in [1.807, 2.05) is 7.05 Å². The van der Waals surface area contributed by atoms with Gasteiger partial charge in [0.15, 0.2) is 0 Å². The highest BCUT2D eigenvalue weighted by atomic mass is 19.1. The summed E-state index contributed by atoms with van der Waals surface area (Å²) in [5, 5.41) is 7.33. The van der Waals surface area contributed by atoms with Crippen molar-refractivity contribution < 1.29 is 9.13 Å². The normalized spacial score (nSPS) is 10.9. The molecule has 0 spiro atoms. The standard InChI is InChI=1S/C13H20FN3O/c1-17(4-3-5-18-2)9-10-6-11(13(15)16)8-12(14)7-10/h6-8H,3-5,9H2,1-2H3,(H3,15,16). The maximum atomic E-state index is 13.4. The van der Waals surface area contributed by atoms with E-state index in [1.54, 1.807) is 13.2 Å². The van der Waals surface area contributed by atoms with Gasteiger partial charge in [0.25, 0.3) is 0 Å². The van der Waals surface area contributed by atoms with Crippen LogP contribution in [0.15, 0.2) is 18.2 Å². The van der Waals surface area contributed by atoms with Crippen LogP contribution in [0.1, 0.15) is 17.5 Å². The van der Waals surface area contributed by atoms with Gasteiger partial charge in [-0.15, -0.1) is 0 Å². The fourth-order valence-corrected chi connectivity index (χ4v) is 1.77. The van der Waals surface area contributed by atoms with Gasteiger partial charge in [0.05, 0.1) is 0 Å². The number of nitrogens with one attached hydrogen (secondary N) is 1. The third kappa shape index (κ3) is 4.81. The Morgan fingerprint density at radius 1 is 1.44 bits per heavy atom. The van der Waals surface area contributed by atoms with E-state index in [2.05, 4.69) is 4.90 Å². The highest BCUT2D eigenvalue weighted by molar-refractivity contribution is 5.95. The highest BCUT2D eigenvalue weighted by Crippen LogP contribution is 2.11. The van der Waals surface area contributed by atoms with Gasteiger partial charge in [-0.05, 0) is 37.2 Å². The van der Waals surface area contributed by atoms with Gasteiger partial charge in [-0.1, -0.05) is 0 Å². The quantitative estimate of drug-likeness (QED) is 0.440. The van der Waals surface area contributed by atoms with Crippen LogP contribution in [0.25, 0.3) is 0 Å². The number of nitrogens with zero attached hydrogens (tertiary/aromatic N) is 1. The molecule has 0 unspecified atom stereocenters. The zero-order valence-corrected chi connectivity index (χ0v) is 10.9. The van der Waals surface area contributed by atoms with Gasteiger partial charge >= 0.3 is 0 Å². The second kappa shape index (κ2) is 7.08. The van der Waals surface area contributed by atoms with Crippen molar-refractivity contribution in [2.75, 3.05) is 27.3 Å². The fraction of sp³-hybridized carbons (Fsp3) is 0.462. The Morgan fingerprint density at radius 3 is 2.78 bits per heavy atom. The number of halogens is 1. The summed E-state index contributed by atoms with van der Waals surface area (Å²) in [6.07, 6.45) is 0.932. The minimum Gasteiger partial charge on any atom is -0.385 e. The van der Waals surface area contributed by atoms with E-state index in [0.717, 1.165) is 18.5 Å². The van der Waals surface area contributed by atoms with Crippen LogP contribution in [0.2, 0.25) is 0 Å². The third-order valence-electron chi connectivity index (χ3n) is 2.61. The molecule has 0 amide bonds. The third-order valence-corrected chi connectivity index (χ3v) is 2.61. The van der Waals surface area contributed by atoms with Gasteiger partial charge in [-0.3, -0.25) is 5.41 Å². The molecule has 0 bridgehead atoms. The molecule has 100 valence electrons. The molecule has 0 radical (unpaired) electrons. The van der Waals surface area contributed by atoms with Gasteiger partial charge in [0, 0.05) is 32.4 Å². The van der Waals surface area contributed by atoms with Crippen molar-refractivity contribution in [3.05, 3.63) is 35.1 Å². The van der Waals surface area contributed by atoms with Gasteiger partial charge in [-0.25, -0.2) is 4.39 Å². The Morgan fingerprint density at radius 2 is 2.17 bits per heavy atom. The Labute approximate surface area is 107 Å². The van der Waals surface area contributed by atoms with Crippen molar-refractivity contribution in [2.45, 2.75) is 13.0 Å². The van der Waals surface area contributed by atoms with E-state index in [-0.39, 0.29) is 11.7 Å². The van der Waals surface area contributed by atoms with Crippen LogP contribution >= 0.6 is 0 Å². The van der Waals surface area contributed by atoms with Crippen LogP contribution < -0.4 is 5.73 Å². The molecule has 1 aromatic rings. The molecule has 0 fully saturated rings. The average molecular weight is 253 g/mol. The monoisotopic (exact) mass is 253 g/mol. The molecule has 0 aliphatic carbocycles. The molecule has 0 aliphatic rings. The largest absolute Gasteiger partial charge is 0.385 e. The molecule has 1 aromatic carbocycles. The second-order valence-electron chi connectivity index (χ2n) is 4.35. The Balaban J connectivity index is 2.63. The Kier molecular flexibility index (Phi) is 5.74. The van der Waals surface area contributed by atoms with Crippen molar-refractivity contribution in [3.8, 4) is 0 Å². The predicted octanol–water partition coefficient (Wildman–Crippen LogP) is 1.58. The number of ether oxygens (including phenoxy) is 1. The lowest BCUT2D eigenvalue weighted by atomic mass is 10.1. The summed E-state index contributed by atoms with van der Waals surface area (Å²) in [5.41, 5.74) is 6.61. The van der Waals surface area contributed by atoms with Gasteiger partial charge in [0.1, 0.15) is 11.7 Å². The molecule has 18 heavy (non-hydrogen) atoms. The first kappa shape index (κ1) is 14.6. The Bertz CT molecular complexity index is 409. The maximum Gasteiger partial charge on any atom is 0.124 e. The molecule has 5 heteroatoms. The van der Waals surface area contributed by atoms with E-state index >= 15 is 0 Å². The van der Waals surface area contributed by atoms with Crippen LogP contribution in [-0.4, -0.2) is 38.0 Å². The fourth-order valence-electron chi connectivity index (χ4n) is 1.77. The number of amidine groups is 1. The van der Waals surface area contributed by atoms with E-state index in [1.165, 1.54) is 12.1 Å². The summed E-state index contributed by atoms with van der Waals surface area (Å²) in [6, 6.07) is 4.49. The van der Waals surface area contributed by atoms with E-state index < -0.39 is 0 Å². The van der Waals surface area contributed by atoms with Crippen LogP contribution in [-0.2, 0) is 11.3 Å². The first-order valence-electron chi connectivity index (χ1n) is 5.84. The van der Waals surface area contributed by atoms with Crippen LogP contribution in [0.3, 0.4) is 0 Å². The molecular formula is C13H20FN3O. The number of nitrogen functional groups attached to an aromatic ring is 1. The predicted molar refractivity (Wildman–Crippen MR) is 70.2 cm³/mol. The summed E-state index contributed by atoms with van der Waals surface area (Å²) in [5.74, 6) is -0.472. The number of methoxy groups -OCH3 is 1. The van der Waals surface area contributed by atoms with E-state index in [0.29, 0.717) is 18.7 Å². The lowest BCUT2D eigenvalue weighted by Crippen LogP contribution is -2.21. The molecule has 0 aliphatic heterocycles. The highest BCUT2D eigenvalue weighted by Gasteiger charge is 2.06. The lowest BCUT2D eigenvalue weighted by Gasteiger charge is -2.17. The number of hydrogen-bond acceptors (Lipinski definition) is 3. The molecule has 0 saturated heterocycles. The van der Waals surface area contributed by atoms with Crippen molar-refractivity contribution in [3.63, 3.8) is 0 Å². The van der Waals surface area contributed by atoms with E-state index in [9.17, 15) is 4.39 Å². The number of benzene rings is 1. The van der Waals surface area contributed by atoms with E-state index in [4.69, 9.17) is 15.9 Å². The van der Waals surface area contributed by atoms with Crippen LogP contribution in [0.4, 0.5) is 4.39 Å². The minimum absolute atomic E-state index is 0.113. The van der Waals surface area contributed by atoms with Gasteiger partial charge in [0.2, 0.25) is 0 Å². The summed E-state index contributed by atoms with van der Waals surface area (Å²) in [6.45, 7) is 2.22. The molecule has 0 atom stereocenters. The van der Waals surface area contributed by atoms with Crippen molar-refractivity contribution in [1.82, 2.24) is 4.90 Å². The first-order valence-corrected chi connectivity index (χ1v) is 5.84. The average Bonchev–Trinajstić information content (AvgIpc) is 2.28. The molecule has 1 rings (SSSR count). The minimum atomic E-state index is -0.358. The molecular weight excluding hydrogens is 233 g/mol. The summed E-state index contributed by atoms with van der Waals surface area (Å²) in [7, 11) is 3.64. The number of rotatable bonds is 7. The Hall–Kier alpha value is -1.46. The van der Waals surface area contributed by atoms with Crippen LogP contribution in [0, 0.1) is 11.2 Å². The lowest BCUT2D eigenvalue weighted by molar-refractivity contribution is 0.178. The van der Waals surface area contributed by atoms with Crippen molar-refractivity contribution in [2.24, 2.45) is 5.73 Å². The zero-order valence-electron chi connectivity index (χ0n) is 10.9. The summed E-state index contributed by atoms with van der Waals surface area (Å²) >= 11 is 0. The van der Waals surface area contributed by atoms with Gasteiger partial charge < -0.3 is 15.4 Å².